The van der Waals surface area contributed by atoms with Gasteiger partial charge in [0.25, 0.3) is 0 Å². The molecule has 1 fully saturated rings. The lowest BCUT2D eigenvalue weighted by molar-refractivity contribution is -0.143. The van der Waals surface area contributed by atoms with Crippen LogP contribution in [0.3, 0.4) is 0 Å². The maximum absolute atomic E-state index is 11.1. The zero-order chi connectivity index (χ0) is 17.1. The van der Waals surface area contributed by atoms with Crippen molar-refractivity contribution in [2.45, 2.75) is 38.4 Å². The topological polar surface area (TPSA) is 110 Å². The first kappa shape index (κ1) is 16.4. The molecule has 1 saturated carbocycles. The Morgan fingerprint density at radius 3 is 2.92 bits per heavy atom. The molecule has 0 amide bonds. The number of ether oxygens (including phenoxy) is 1. The molecule has 8 nitrogen and oxygen atoms in total. The normalized spacial score (nSPS) is 20.8. The largest absolute Gasteiger partial charge is 0.489 e. The van der Waals surface area contributed by atoms with Crippen LogP contribution in [0.4, 0.5) is 0 Å². The molecule has 128 valence electrons. The summed E-state index contributed by atoms with van der Waals surface area (Å²) in [6, 6.07) is 3.54. The van der Waals surface area contributed by atoms with Crippen molar-refractivity contribution in [1.29, 1.82) is 0 Å². The first-order valence-electron chi connectivity index (χ1n) is 7.93. The van der Waals surface area contributed by atoms with Crippen molar-refractivity contribution >= 4 is 5.97 Å². The number of aromatic nitrogens is 4. The molecule has 2 unspecified atom stereocenters. The van der Waals surface area contributed by atoms with E-state index in [4.69, 9.17) is 9.84 Å². The van der Waals surface area contributed by atoms with Crippen LogP contribution >= 0.6 is 0 Å². The number of aliphatic hydroxyl groups excluding tert-OH is 1. The highest BCUT2D eigenvalue weighted by atomic mass is 16.5. The molecule has 1 aliphatic rings. The van der Waals surface area contributed by atoms with Gasteiger partial charge in [0.2, 0.25) is 0 Å². The molecule has 2 N–H and O–H groups in total. The van der Waals surface area contributed by atoms with Crippen molar-refractivity contribution in [3.05, 3.63) is 24.0 Å². The molecule has 0 bridgehead atoms. The van der Waals surface area contributed by atoms with Crippen LogP contribution in [-0.4, -0.2) is 42.3 Å². The number of rotatable bonds is 5. The van der Waals surface area contributed by atoms with Gasteiger partial charge in [-0.25, -0.2) is 4.68 Å². The summed E-state index contributed by atoms with van der Waals surface area (Å²) in [5.74, 6) is -0.483. The third-order valence-corrected chi connectivity index (χ3v) is 4.35. The molecule has 2 aromatic heterocycles. The van der Waals surface area contributed by atoms with Gasteiger partial charge in [0.15, 0.2) is 0 Å². The molecule has 1 aliphatic carbocycles. The van der Waals surface area contributed by atoms with Crippen molar-refractivity contribution < 1.29 is 19.7 Å². The van der Waals surface area contributed by atoms with Gasteiger partial charge < -0.3 is 14.9 Å². The Hall–Kier alpha value is -2.48. The summed E-state index contributed by atoms with van der Waals surface area (Å²) >= 11 is 0. The molecule has 0 aromatic carbocycles. The molecule has 24 heavy (non-hydrogen) atoms. The van der Waals surface area contributed by atoms with Crippen LogP contribution < -0.4 is 4.74 Å². The molecule has 8 heteroatoms. The smallest absolute Gasteiger partial charge is 0.306 e. The van der Waals surface area contributed by atoms with Crippen LogP contribution in [0.15, 0.2) is 18.3 Å². The van der Waals surface area contributed by atoms with Gasteiger partial charge in [0.1, 0.15) is 11.4 Å². The van der Waals surface area contributed by atoms with E-state index in [2.05, 4.69) is 15.3 Å². The number of nitrogens with zero attached hydrogens (tertiary/aromatic N) is 4. The van der Waals surface area contributed by atoms with E-state index in [0.717, 1.165) is 12.8 Å². The van der Waals surface area contributed by atoms with Gasteiger partial charge >= 0.3 is 5.97 Å². The van der Waals surface area contributed by atoms with Crippen LogP contribution in [0, 0.1) is 5.92 Å². The molecule has 3 rings (SSSR count). The van der Waals surface area contributed by atoms with Gasteiger partial charge in [0.05, 0.1) is 36.2 Å². The summed E-state index contributed by atoms with van der Waals surface area (Å²) in [6.45, 7) is -0.169. The Kier molecular flexibility index (Phi) is 4.75. The summed E-state index contributed by atoms with van der Waals surface area (Å²) in [7, 11) is 1.71. The van der Waals surface area contributed by atoms with Gasteiger partial charge in [-0.3, -0.25) is 9.78 Å². The minimum absolute atomic E-state index is 0.1000. The predicted octanol–water partition coefficient (Wildman–Crippen LogP) is 1.39. The molecule has 0 aliphatic heterocycles. The zero-order valence-electron chi connectivity index (χ0n) is 13.4. The SMILES string of the molecule is Cn1nnc(-c2ccc(OC3CCCC(C(=O)O)C3)cn2)c1CO. The Labute approximate surface area is 139 Å². The van der Waals surface area contributed by atoms with E-state index in [9.17, 15) is 9.90 Å². The summed E-state index contributed by atoms with van der Waals surface area (Å²) in [5, 5.41) is 26.4. The number of hydrogen-bond donors (Lipinski definition) is 2. The van der Waals surface area contributed by atoms with E-state index in [1.54, 1.807) is 25.4 Å². The number of carboxylic acid groups (broad SMARTS) is 1. The quantitative estimate of drug-likeness (QED) is 0.851. The van der Waals surface area contributed by atoms with Crippen LogP contribution in [0.1, 0.15) is 31.4 Å². The predicted molar refractivity (Wildman–Crippen MR) is 84.2 cm³/mol. The Morgan fingerprint density at radius 2 is 2.25 bits per heavy atom. The number of carboxylic acids is 1. The lowest BCUT2D eigenvalue weighted by atomic mass is 9.87. The average Bonchev–Trinajstić information content (AvgIpc) is 2.96. The molecular weight excluding hydrogens is 312 g/mol. The molecule has 2 heterocycles. The lowest BCUT2D eigenvalue weighted by Gasteiger charge is -2.27. The van der Waals surface area contributed by atoms with Crippen LogP contribution in [0.25, 0.3) is 11.4 Å². The van der Waals surface area contributed by atoms with Crippen molar-refractivity contribution in [2.24, 2.45) is 13.0 Å². The van der Waals surface area contributed by atoms with Crippen molar-refractivity contribution in [3.63, 3.8) is 0 Å². The third kappa shape index (κ3) is 3.38. The zero-order valence-corrected chi connectivity index (χ0v) is 13.4. The Balaban J connectivity index is 1.69. The second-order valence-corrected chi connectivity index (χ2v) is 5.99. The summed E-state index contributed by atoms with van der Waals surface area (Å²) in [4.78, 5) is 15.4. The van der Waals surface area contributed by atoms with Crippen LogP contribution in [0.5, 0.6) is 5.75 Å². The molecule has 2 aromatic rings. The highest BCUT2D eigenvalue weighted by molar-refractivity contribution is 5.70. The van der Waals surface area contributed by atoms with E-state index in [1.165, 1.54) is 4.68 Å². The number of aliphatic carboxylic acids is 1. The van der Waals surface area contributed by atoms with Crippen molar-refractivity contribution in [1.82, 2.24) is 20.0 Å². The standard InChI is InChI=1S/C16H20N4O4/c1-20-14(9-21)15(18-19-20)13-6-5-12(8-17-13)24-11-4-2-3-10(7-11)16(22)23/h5-6,8,10-11,21H,2-4,7,9H2,1H3,(H,22,23). The van der Waals surface area contributed by atoms with E-state index >= 15 is 0 Å². The maximum Gasteiger partial charge on any atom is 0.306 e. The summed E-state index contributed by atoms with van der Waals surface area (Å²) in [5.41, 5.74) is 1.73. The highest BCUT2D eigenvalue weighted by Gasteiger charge is 2.28. The minimum Gasteiger partial charge on any atom is -0.489 e. The molecule has 0 radical (unpaired) electrons. The summed E-state index contributed by atoms with van der Waals surface area (Å²) < 4.78 is 7.38. The minimum atomic E-state index is -0.754. The van der Waals surface area contributed by atoms with Gasteiger partial charge in [-0.05, 0) is 37.8 Å². The monoisotopic (exact) mass is 332 g/mol. The highest BCUT2D eigenvalue weighted by Crippen LogP contribution is 2.28. The maximum atomic E-state index is 11.1. The number of hydrogen-bond acceptors (Lipinski definition) is 6. The number of pyridine rings is 1. The second kappa shape index (κ2) is 6.96. The Morgan fingerprint density at radius 1 is 1.42 bits per heavy atom. The molecule has 2 atom stereocenters. The first-order valence-corrected chi connectivity index (χ1v) is 7.93. The fourth-order valence-corrected chi connectivity index (χ4v) is 3.01. The number of aliphatic hydroxyl groups is 1. The van der Waals surface area contributed by atoms with Crippen molar-refractivity contribution in [3.8, 4) is 17.1 Å². The molecule has 0 saturated heterocycles. The van der Waals surface area contributed by atoms with Gasteiger partial charge in [-0.2, -0.15) is 0 Å². The van der Waals surface area contributed by atoms with Crippen LogP contribution in [-0.2, 0) is 18.4 Å². The first-order chi connectivity index (χ1) is 11.6. The lowest BCUT2D eigenvalue weighted by Crippen LogP contribution is -2.29. The number of aryl methyl sites for hydroxylation is 1. The van der Waals surface area contributed by atoms with Crippen LogP contribution in [0.2, 0.25) is 0 Å². The second-order valence-electron chi connectivity index (χ2n) is 5.99. The molecular formula is C16H20N4O4. The van der Waals surface area contributed by atoms with E-state index in [-0.39, 0.29) is 18.6 Å². The third-order valence-electron chi connectivity index (χ3n) is 4.35. The van der Waals surface area contributed by atoms with Crippen molar-refractivity contribution in [2.75, 3.05) is 0 Å². The van der Waals surface area contributed by atoms with Gasteiger partial charge in [-0.1, -0.05) is 5.21 Å². The van der Waals surface area contributed by atoms with E-state index in [0.29, 0.717) is 35.7 Å². The van der Waals surface area contributed by atoms with Gasteiger partial charge in [0, 0.05) is 7.05 Å². The number of carbonyl (C=O) groups is 1. The summed E-state index contributed by atoms with van der Waals surface area (Å²) in [6.07, 6.45) is 4.43. The van der Waals surface area contributed by atoms with Gasteiger partial charge in [-0.15, -0.1) is 5.10 Å². The fraction of sp³-hybridized carbons (Fsp3) is 0.500. The van der Waals surface area contributed by atoms with E-state index in [1.807, 2.05) is 0 Å². The van der Waals surface area contributed by atoms with E-state index < -0.39 is 5.97 Å². The average molecular weight is 332 g/mol. The molecule has 0 spiro atoms. The fourth-order valence-electron chi connectivity index (χ4n) is 3.01. The Bertz CT molecular complexity index is 713.